The van der Waals surface area contributed by atoms with Gasteiger partial charge in [-0.2, -0.15) is 0 Å². The molecule has 1 heterocycles. The molecule has 8 nitrogen and oxygen atoms in total. The van der Waals surface area contributed by atoms with Crippen molar-refractivity contribution in [1.29, 1.82) is 0 Å². The van der Waals surface area contributed by atoms with Crippen LogP contribution in [0.25, 0.3) is 0 Å². The lowest BCUT2D eigenvalue weighted by Gasteiger charge is -2.19. The van der Waals surface area contributed by atoms with E-state index in [0.717, 1.165) is 5.75 Å². The number of nitrogens with zero attached hydrogens (tertiary/aromatic N) is 1. The molecule has 0 bridgehead atoms. The zero-order valence-electron chi connectivity index (χ0n) is 16.1. The molecule has 0 fully saturated rings. The molecule has 1 aliphatic rings. The van der Waals surface area contributed by atoms with Gasteiger partial charge in [-0.25, -0.2) is 0 Å². The van der Waals surface area contributed by atoms with Gasteiger partial charge in [-0.3, -0.25) is 9.59 Å². The van der Waals surface area contributed by atoms with Gasteiger partial charge in [0.2, 0.25) is 5.75 Å². The Morgan fingerprint density at radius 1 is 0.821 bits per heavy atom. The van der Waals surface area contributed by atoms with Crippen molar-refractivity contribution < 1.29 is 33.3 Å². The molecule has 0 spiro atoms. The highest BCUT2D eigenvalue weighted by molar-refractivity contribution is 6.53. The third-order valence-electron chi connectivity index (χ3n) is 4.41. The molecule has 0 atom stereocenters. The monoisotopic (exact) mass is 387 g/mol. The number of carbonyl (C=O) groups is 2. The number of benzene rings is 2. The first-order valence-corrected chi connectivity index (χ1v) is 8.51. The van der Waals surface area contributed by atoms with Crippen LogP contribution >= 0.6 is 0 Å². The highest BCUT2D eigenvalue weighted by atomic mass is 16.5. The predicted octanol–water partition coefficient (Wildman–Crippen LogP) is 2.33. The molecule has 28 heavy (non-hydrogen) atoms. The highest BCUT2D eigenvalue weighted by Gasteiger charge is 2.41. The summed E-state index contributed by atoms with van der Waals surface area (Å²) in [6.45, 7) is 0.379. The molecule has 0 aromatic heterocycles. The molecule has 2 aromatic carbocycles. The van der Waals surface area contributed by atoms with Crippen LogP contribution in [0.3, 0.4) is 0 Å². The van der Waals surface area contributed by atoms with Crippen LogP contribution in [0.2, 0.25) is 0 Å². The van der Waals surface area contributed by atoms with Gasteiger partial charge in [0.25, 0.3) is 11.7 Å². The first-order valence-electron chi connectivity index (χ1n) is 8.51. The maximum Gasteiger partial charge on any atom is 0.299 e. The van der Waals surface area contributed by atoms with Gasteiger partial charge in [-0.1, -0.05) is 0 Å². The summed E-state index contributed by atoms with van der Waals surface area (Å²) in [4.78, 5) is 26.4. The predicted molar refractivity (Wildman–Crippen MR) is 101 cm³/mol. The molecule has 0 aliphatic carbocycles. The summed E-state index contributed by atoms with van der Waals surface area (Å²) in [5.41, 5.74) is 0.567. The van der Waals surface area contributed by atoms with Gasteiger partial charge >= 0.3 is 0 Å². The minimum absolute atomic E-state index is 0.162. The number of ether oxygens (including phenoxy) is 5. The Morgan fingerprint density at radius 2 is 1.46 bits per heavy atom. The van der Waals surface area contributed by atoms with E-state index in [1.807, 2.05) is 0 Å². The molecule has 0 unspecified atom stereocenters. The van der Waals surface area contributed by atoms with Crippen molar-refractivity contribution >= 4 is 17.4 Å². The summed E-state index contributed by atoms with van der Waals surface area (Å²) in [6, 6.07) is 8.67. The van der Waals surface area contributed by atoms with Crippen molar-refractivity contribution in [3.63, 3.8) is 0 Å². The van der Waals surface area contributed by atoms with E-state index >= 15 is 0 Å². The Balaban J connectivity index is 1.84. The molecule has 0 radical (unpaired) electrons. The van der Waals surface area contributed by atoms with Gasteiger partial charge in [0.05, 0.1) is 46.2 Å². The quantitative estimate of drug-likeness (QED) is 0.643. The topological polar surface area (TPSA) is 83.5 Å². The molecule has 2 aromatic rings. The molecule has 0 saturated carbocycles. The molecule has 1 aliphatic heterocycles. The number of methoxy groups -OCH3 is 4. The zero-order valence-corrected chi connectivity index (χ0v) is 16.1. The number of Topliss-reactive ketones (excluding diaryl/α,β-unsaturated/α-hetero) is 1. The summed E-state index contributed by atoms with van der Waals surface area (Å²) < 4.78 is 26.7. The van der Waals surface area contributed by atoms with Crippen LogP contribution in [0.5, 0.6) is 28.7 Å². The van der Waals surface area contributed by atoms with Crippen LogP contribution in [0.15, 0.2) is 30.3 Å². The smallest absolute Gasteiger partial charge is 0.299 e. The summed E-state index contributed by atoms with van der Waals surface area (Å²) in [7, 11) is 5.90. The Morgan fingerprint density at radius 3 is 2.04 bits per heavy atom. The number of ketones is 1. The number of hydrogen-bond acceptors (Lipinski definition) is 7. The van der Waals surface area contributed by atoms with Crippen molar-refractivity contribution in [3.8, 4) is 28.7 Å². The fourth-order valence-corrected chi connectivity index (χ4v) is 3.06. The maximum absolute atomic E-state index is 12.5. The first-order chi connectivity index (χ1) is 13.5. The lowest BCUT2D eigenvalue weighted by molar-refractivity contribution is -0.114. The summed E-state index contributed by atoms with van der Waals surface area (Å²) in [5.74, 6) is 0.842. The third kappa shape index (κ3) is 3.28. The van der Waals surface area contributed by atoms with Crippen molar-refractivity contribution in [2.45, 2.75) is 0 Å². The molecular formula is C20H21NO7. The second kappa shape index (κ2) is 8.08. The number of hydrogen-bond donors (Lipinski definition) is 0. The van der Waals surface area contributed by atoms with Gasteiger partial charge in [0.15, 0.2) is 11.5 Å². The Kier molecular flexibility index (Phi) is 5.58. The van der Waals surface area contributed by atoms with Gasteiger partial charge in [-0.15, -0.1) is 0 Å². The van der Waals surface area contributed by atoms with Gasteiger partial charge in [0.1, 0.15) is 18.1 Å². The van der Waals surface area contributed by atoms with Crippen molar-refractivity contribution in [2.24, 2.45) is 0 Å². The van der Waals surface area contributed by atoms with E-state index in [-0.39, 0.29) is 30.2 Å². The van der Waals surface area contributed by atoms with E-state index in [9.17, 15) is 9.59 Å². The SMILES string of the molecule is COc1ccc(OCCN2C(=O)C(=O)c3c2cc(OC)c(OC)c3OC)cc1. The zero-order chi connectivity index (χ0) is 20.3. The van der Waals surface area contributed by atoms with Gasteiger partial charge in [-0.05, 0) is 24.3 Å². The molecule has 0 saturated heterocycles. The second-order valence-electron chi connectivity index (χ2n) is 5.85. The number of amides is 1. The number of carbonyl (C=O) groups excluding carboxylic acids is 2. The first kappa shape index (κ1) is 19.3. The number of fused-ring (bicyclic) bond motifs is 1. The van der Waals surface area contributed by atoms with E-state index in [1.54, 1.807) is 37.4 Å². The average Bonchev–Trinajstić information content (AvgIpc) is 2.97. The van der Waals surface area contributed by atoms with Crippen LogP contribution in [0.1, 0.15) is 10.4 Å². The normalized spacial score (nSPS) is 12.6. The van der Waals surface area contributed by atoms with E-state index in [0.29, 0.717) is 17.2 Å². The van der Waals surface area contributed by atoms with Crippen LogP contribution in [0.4, 0.5) is 5.69 Å². The molecule has 8 heteroatoms. The Hall–Kier alpha value is -3.42. The van der Waals surface area contributed by atoms with Crippen molar-refractivity contribution in [2.75, 3.05) is 46.5 Å². The van der Waals surface area contributed by atoms with Gasteiger partial charge in [0, 0.05) is 6.07 Å². The van der Waals surface area contributed by atoms with E-state index < -0.39 is 11.7 Å². The van der Waals surface area contributed by atoms with Gasteiger partial charge < -0.3 is 28.6 Å². The average molecular weight is 387 g/mol. The number of anilines is 1. The lowest BCUT2D eigenvalue weighted by Crippen LogP contribution is -2.33. The van der Waals surface area contributed by atoms with E-state index in [2.05, 4.69) is 0 Å². The van der Waals surface area contributed by atoms with Crippen LogP contribution < -0.4 is 28.6 Å². The largest absolute Gasteiger partial charge is 0.497 e. The van der Waals surface area contributed by atoms with E-state index in [1.165, 1.54) is 26.2 Å². The molecule has 0 N–H and O–H groups in total. The van der Waals surface area contributed by atoms with Crippen LogP contribution in [-0.2, 0) is 4.79 Å². The van der Waals surface area contributed by atoms with Crippen LogP contribution in [-0.4, -0.2) is 53.3 Å². The van der Waals surface area contributed by atoms with E-state index in [4.69, 9.17) is 23.7 Å². The fraction of sp³-hybridized carbons (Fsp3) is 0.300. The Labute approximate surface area is 162 Å². The van der Waals surface area contributed by atoms with Crippen molar-refractivity contribution in [1.82, 2.24) is 0 Å². The minimum Gasteiger partial charge on any atom is -0.497 e. The number of rotatable bonds is 8. The lowest BCUT2D eigenvalue weighted by atomic mass is 10.1. The minimum atomic E-state index is -0.655. The molecule has 148 valence electrons. The molecule has 1 amide bonds. The Bertz CT molecular complexity index is 892. The summed E-state index contributed by atoms with van der Waals surface area (Å²) >= 11 is 0. The van der Waals surface area contributed by atoms with Crippen molar-refractivity contribution in [3.05, 3.63) is 35.9 Å². The molecular weight excluding hydrogens is 366 g/mol. The fourth-order valence-electron chi connectivity index (χ4n) is 3.06. The van der Waals surface area contributed by atoms with Crippen LogP contribution in [0, 0.1) is 0 Å². The molecule has 3 rings (SSSR count). The second-order valence-corrected chi connectivity index (χ2v) is 5.85. The highest BCUT2D eigenvalue weighted by Crippen LogP contribution is 2.47. The third-order valence-corrected chi connectivity index (χ3v) is 4.41. The summed E-state index contributed by atoms with van der Waals surface area (Å²) in [5, 5.41) is 0. The summed E-state index contributed by atoms with van der Waals surface area (Å²) in [6.07, 6.45) is 0. The standard InChI is InChI=1S/C20H21NO7/c1-24-12-5-7-13(8-6-12)28-10-9-21-14-11-15(25-2)18(26-3)19(27-4)16(14)17(22)20(21)23/h5-8,11H,9-10H2,1-4H3. The maximum atomic E-state index is 12.5.